The van der Waals surface area contributed by atoms with Crippen LogP contribution < -0.4 is 4.74 Å². The summed E-state index contributed by atoms with van der Waals surface area (Å²) >= 11 is 0. The first-order valence-electron chi connectivity index (χ1n) is 9.82. The van der Waals surface area contributed by atoms with Crippen molar-refractivity contribution in [1.29, 1.82) is 0 Å². The van der Waals surface area contributed by atoms with Crippen LogP contribution in [-0.4, -0.2) is 43.5 Å². The van der Waals surface area contributed by atoms with E-state index in [9.17, 15) is 8.42 Å². The first kappa shape index (κ1) is 19.0. The van der Waals surface area contributed by atoms with Gasteiger partial charge in [-0.25, -0.2) is 12.4 Å². The lowest BCUT2D eigenvalue weighted by atomic mass is 10.1. The van der Waals surface area contributed by atoms with Crippen molar-refractivity contribution in [2.45, 2.75) is 31.1 Å². The highest BCUT2D eigenvalue weighted by molar-refractivity contribution is 7.90. The summed E-state index contributed by atoms with van der Waals surface area (Å²) in [5.41, 5.74) is 1.69. The molecule has 1 aliphatic rings. The molecule has 1 aromatic heterocycles. The predicted molar refractivity (Wildman–Crippen MR) is 111 cm³/mol. The molecular weight excluding hydrogens is 372 g/mol. The fourth-order valence-corrected chi connectivity index (χ4v) is 5.05. The standard InChI is InChI=1S/C22H26N2O3S/c1-18-5-8-21(9-6-18)28(25,26)24-14-11-19-17-20(7-10-22(19)24)27-16-15-23-12-3-2-4-13-23/h5-11,14,17H,2-4,12-13,15-16H2,1H3. The van der Waals surface area contributed by atoms with Crippen LogP contribution in [0.1, 0.15) is 24.8 Å². The molecule has 0 bridgehead atoms. The molecule has 2 aromatic carbocycles. The van der Waals surface area contributed by atoms with Gasteiger partial charge in [0.1, 0.15) is 12.4 Å². The lowest BCUT2D eigenvalue weighted by Gasteiger charge is -2.26. The molecule has 0 aliphatic carbocycles. The van der Waals surface area contributed by atoms with E-state index in [0.29, 0.717) is 12.1 Å². The second-order valence-electron chi connectivity index (χ2n) is 7.40. The fraction of sp³-hybridized carbons (Fsp3) is 0.364. The van der Waals surface area contributed by atoms with Crippen molar-refractivity contribution >= 4 is 20.9 Å². The Labute approximate surface area is 166 Å². The number of aryl methyl sites for hydroxylation is 1. The van der Waals surface area contributed by atoms with E-state index in [0.717, 1.165) is 36.3 Å². The smallest absolute Gasteiger partial charge is 0.268 e. The Morgan fingerprint density at radius 3 is 2.46 bits per heavy atom. The van der Waals surface area contributed by atoms with Gasteiger partial charge < -0.3 is 4.74 Å². The van der Waals surface area contributed by atoms with E-state index in [2.05, 4.69) is 4.90 Å². The van der Waals surface area contributed by atoms with Crippen LogP contribution in [0.25, 0.3) is 10.9 Å². The molecule has 0 radical (unpaired) electrons. The summed E-state index contributed by atoms with van der Waals surface area (Å²) in [7, 11) is -3.61. The minimum absolute atomic E-state index is 0.289. The normalized spacial score (nSPS) is 15.8. The highest BCUT2D eigenvalue weighted by Crippen LogP contribution is 2.26. The topological polar surface area (TPSA) is 51.5 Å². The molecule has 0 amide bonds. The summed E-state index contributed by atoms with van der Waals surface area (Å²) < 4.78 is 33.2. The molecule has 148 valence electrons. The zero-order valence-electron chi connectivity index (χ0n) is 16.2. The molecule has 28 heavy (non-hydrogen) atoms. The third kappa shape index (κ3) is 3.93. The van der Waals surface area contributed by atoms with Gasteiger partial charge in [0.25, 0.3) is 10.0 Å². The van der Waals surface area contributed by atoms with Gasteiger partial charge in [-0.15, -0.1) is 0 Å². The molecule has 0 atom stereocenters. The van der Waals surface area contributed by atoms with Crippen LogP contribution in [0.2, 0.25) is 0 Å². The van der Waals surface area contributed by atoms with Crippen molar-refractivity contribution in [1.82, 2.24) is 8.87 Å². The average molecular weight is 399 g/mol. The van der Waals surface area contributed by atoms with E-state index in [1.54, 1.807) is 18.3 Å². The lowest BCUT2D eigenvalue weighted by Crippen LogP contribution is -2.33. The Bertz CT molecular complexity index is 1050. The molecule has 1 saturated heterocycles. The molecule has 5 nitrogen and oxygen atoms in total. The second-order valence-corrected chi connectivity index (χ2v) is 9.22. The zero-order chi connectivity index (χ0) is 19.6. The van der Waals surface area contributed by atoms with Crippen LogP contribution in [0.5, 0.6) is 5.75 Å². The Morgan fingerprint density at radius 2 is 1.71 bits per heavy atom. The van der Waals surface area contributed by atoms with Crippen LogP contribution >= 0.6 is 0 Å². The predicted octanol–water partition coefficient (Wildman–Crippen LogP) is 4.05. The van der Waals surface area contributed by atoms with Crippen LogP contribution in [0.15, 0.2) is 59.6 Å². The summed E-state index contributed by atoms with van der Waals surface area (Å²) in [4.78, 5) is 2.73. The lowest BCUT2D eigenvalue weighted by molar-refractivity contribution is 0.183. The van der Waals surface area contributed by atoms with E-state index < -0.39 is 10.0 Å². The van der Waals surface area contributed by atoms with Crippen molar-refractivity contribution in [3.8, 4) is 5.75 Å². The Morgan fingerprint density at radius 1 is 0.964 bits per heavy atom. The van der Waals surface area contributed by atoms with Crippen molar-refractivity contribution in [2.24, 2.45) is 0 Å². The largest absolute Gasteiger partial charge is 0.492 e. The summed E-state index contributed by atoms with van der Waals surface area (Å²) in [5.74, 6) is 0.773. The number of likely N-dealkylation sites (tertiary alicyclic amines) is 1. The molecule has 4 rings (SSSR count). The highest BCUT2D eigenvalue weighted by atomic mass is 32.2. The van der Waals surface area contributed by atoms with Crippen molar-refractivity contribution in [3.05, 3.63) is 60.3 Å². The van der Waals surface area contributed by atoms with Crippen molar-refractivity contribution in [3.63, 3.8) is 0 Å². The first-order valence-corrected chi connectivity index (χ1v) is 11.3. The van der Waals surface area contributed by atoms with Crippen LogP contribution in [0.3, 0.4) is 0 Å². The van der Waals surface area contributed by atoms with Crippen molar-refractivity contribution in [2.75, 3.05) is 26.2 Å². The monoisotopic (exact) mass is 398 g/mol. The van der Waals surface area contributed by atoms with Crippen LogP contribution in [-0.2, 0) is 10.0 Å². The first-order chi connectivity index (χ1) is 13.5. The number of piperidine rings is 1. The summed E-state index contributed by atoms with van der Waals surface area (Å²) in [6.45, 7) is 5.83. The number of aromatic nitrogens is 1. The van der Waals surface area contributed by atoms with Gasteiger partial charge in [0.15, 0.2) is 0 Å². The molecule has 0 saturated carbocycles. The van der Waals surface area contributed by atoms with E-state index in [-0.39, 0.29) is 4.90 Å². The molecule has 0 spiro atoms. The van der Waals surface area contributed by atoms with Gasteiger partial charge in [-0.05, 0) is 69.3 Å². The molecule has 6 heteroatoms. The number of ether oxygens (including phenoxy) is 1. The molecule has 1 aliphatic heterocycles. The van der Waals surface area contributed by atoms with E-state index in [4.69, 9.17) is 4.74 Å². The minimum Gasteiger partial charge on any atom is -0.492 e. The zero-order valence-corrected chi connectivity index (χ0v) is 17.0. The fourth-order valence-electron chi connectivity index (χ4n) is 3.69. The van der Waals surface area contributed by atoms with Crippen molar-refractivity contribution < 1.29 is 13.2 Å². The number of fused-ring (bicyclic) bond motifs is 1. The number of nitrogens with zero attached hydrogens (tertiary/aromatic N) is 2. The second kappa shape index (κ2) is 7.97. The molecule has 1 fully saturated rings. The SMILES string of the molecule is Cc1ccc(S(=O)(=O)n2ccc3cc(OCCN4CCCCC4)ccc32)cc1. The summed E-state index contributed by atoms with van der Waals surface area (Å²) in [6.07, 6.45) is 5.48. The molecular formula is C22H26N2O3S. The van der Waals surface area contributed by atoms with Gasteiger partial charge in [0, 0.05) is 18.1 Å². The number of hydrogen-bond donors (Lipinski definition) is 0. The van der Waals surface area contributed by atoms with Gasteiger partial charge in [0.05, 0.1) is 10.4 Å². The summed E-state index contributed by atoms with van der Waals surface area (Å²) in [5, 5.41) is 0.853. The van der Waals surface area contributed by atoms with Gasteiger partial charge in [-0.1, -0.05) is 24.1 Å². The summed E-state index contributed by atoms with van der Waals surface area (Å²) in [6, 6.07) is 14.3. The third-order valence-electron chi connectivity index (χ3n) is 5.33. The van der Waals surface area contributed by atoms with Gasteiger partial charge in [-0.2, -0.15) is 0 Å². The molecule has 3 aromatic rings. The van der Waals surface area contributed by atoms with Gasteiger partial charge in [0.2, 0.25) is 0 Å². The average Bonchev–Trinajstić information content (AvgIpc) is 3.13. The molecule has 2 heterocycles. The van der Waals surface area contributed by atoms with Crippen LogP contribution in [0, 0.1) is 6.92 Å². The van der Waals surface area contributed by atoms with Crippen LogP contribution in [0.4, 0.5) is 0 Å². The maximum atomic E-state index is 13.0. The Hall–Kier alpha value is -2.31. The maximum absolute atomic E-state index is 13.0. The minimum atomic E-state index is -3.61. The molecule has 0 N–H and O–H groups in total. The van der Waals surface area contributed by atoms with Gasteiger partial charge >= 0.3 is 0 Å². The Kier molecular flexibility index (Phi) is 5.42. The van der Waals surface area contributed by atoms with Gasteiger partial charge in [-0.3, -0.25) is 4.90 Å². The third-order valence-corrected chi connectivity index (χ3v) is 7.03. The number of benzene rings is 2. The number of rotatable bonds is 6. The quantitative estimate of drug-likeness (QED) is 0.629. The molecule has 0 unspecified atom stereocenters. The van der Waals surface area contributed by atoms with E-state index in [1.807, 2.05) is 43.3 Å². The van der Waals surface area contributed by atoms with E-state index >= 15 is 0 Å². The Balaban J connectivity index is 1.50. The highest BCUT2D eigenvalue weighted by Gasteiger charge is 2.19. The number of hydrogen-bond acceptors (Lipinski definition) is 4. The maximum Gasteiger partial charge on any atom is 0.268 e. The van der Waals surface area contributed by atoms with E-state index in [1.165, 1.54) is 23.2 Å².